The zero-order valence-corrected chi connectivity index (χ0v) is 14.9. The van der Waals surface area contributed by atoms with Gasteiger partial charge < -0.3 is 19.8 Å². The number of amides is 1. The number of alkyl halides is 3. The molecule has 0 bridgehead atoms. The number of aromatic amines is 1. The number of hydrogen-bond donors (Lipinski definition) is 2. The third-order valence-electron chi connectivity index (χ3n) is 4.11. The molecule has 1 unspecified atom stereocenters. The number of nitrogens with zero attached hydrogens (tertiary/aromatic N) is 1. The van der Waals surface area contributed by atoms with Crippen molar-refractivity contribution in [1.82, 2.24) is 15.3 Å². The summed E-state index contributed by atoms with van der Waals surface area (Å²) in [5.74, 6) is -0.305. The van der Waals surface area contributed by atoms with Gasteiger partial charge in [0.2, 0.25) is 0 Å². The first-order chi connectivity index (χ1) is 13.2. The van der Waals surface area contributed by atoms with E-state index in [1.54, 1.807) is 0 Å². The Morgan fingerprint density at radius 3 is 2.57 bits per heavy atom. The monoisotopic (exact) mass is 397 g/mol. The van der Waals surface area contributed by atoms with Gasteiger partial charge in [0.1, 0.15) is 17.3 Å². The SMILES string of the molecule is COCC(NC(=O)c1cc(=O)[nH]c(C2CC2)n1)c1ccc(OC(F)(F)F)cc1. The zero-order chi connectivity index (χ0) is 20.3. The Hall–Kier alpha value is -2.88. The van der Waals surface area contributed by atoms with Gasteiger partial charge in [-0.2, -0.15) is 0 Å². The summed E-state index contributed by atoms with van der Waals surface area (Å²) in [6.45, 7) is 0.0733. The molecular formula is C18H18F3N3O4. The van der Waals surface area contributed by atoms with Gasteiger partial charge in [0.05, 0.1) is 12.6 Å². The van der Waals surface area contributed by atoms with E-state index in [0.29, 0.717) is 11.4 Å². The molecule has 28 heavy (non-hydrogen) atoms. The van der Waals surface area contributed by atoms with Gasteiger partial charge >= 0.3 is 6.36 Å². The molecule has 3 rings (SSSR count). The number of methoxy groups -OCH3 is 1. The second kappa shape index (κ2) is 8.01. The maximum atomic E-state index is 12.5. The third-order valence-corrected chi connectivity index (χ3v) is 4.11. The standard InChI is InChI=1S/C18H18F3N3O4/c1-27-9-14(10-4-6-12(7-5-10)28-18(19,20)21)23-17(26)13-8-15(25)24-16(22-13)11-2-3-11/h4-8,11,14H,2-3,9H2,1H3,(H,23,26)(H,22,24,25). The first kappa shape index (κ1) is 19.9. The third kappa shape index (κ3) is 5.32. The van der Waals surface area contributed by atoms with Crippen LogP contribution < -0.4 is 15.6 Å². The van der Waals surface area contributed by atoms with Crippen molar-refractivity contribution in [3.8, 4) is 5.75 Å². The summed E-state index contributed by atoms with van der Waals surface area (Å²) >= 11 is 0. The zero-order valence-electron chi connectivity index (χ0n) is 14.9. The van der Waals surface area contributed by atoms with Crippen molar-refractivity contribution in [3.05, 3.63) is 57.8 Å². The summed E-state index contributed by atoms with van der Waals surface area (Å²) in [7, 11) is 1.43. The average molecular weight is 397 g/mol. The highest BCUT2D eigenvalue weighted by Gasteiger charge is 2.31. The molecule has 0 spiro atoms. The van der Waals surface area contributed by atoms with E-state index in [2.05, 4.69) is 20.0 Å². The normalized spacial score (nSPS) is 15.1. The Balaban J connectivity index is 1.75. The van der Waals surface area contributed by atoms with Crippen molar-refractivity contribution < 1.29 is 27.4 Å². The molecule has 1 atom stereocenters. The molecule has 1 aliphatic rings. The van der Waals surface area contributed by atoms with Gasteiger partial charge in [-0.1, -0.05) is 12.1 Å². The molecule has 1 fully saturated rings. The van der Waals surface area contributed by atoms with Crippen molar-refractivity contribution in [3.63, 3.8) is 0 Å². The van der Waals surface area contributed by atoms with Crippen LogP contribution in [0.15, 0.2) is 35.1 Å². The number of ether oxygens (including phenoxy) is 2. The molecule has 1 amide bonds. The van der Waals surface area contributed by atoms with Crippen LogP contribution in [0.4, 0.5) is 13.2 Å². The fourth-order valence-corrected chi connectivity index (χ4v) is 2.66. The van der Waals surface area contributed by atoms with E-state index in [4.69, 9.17) is 4.74 Å². The van der Waals surface area contributed by atoms with E-state index in [0.717, 1.165) is 31.0 Å². The minimum atomic E-state index is -4.78. The fourth-order valence-electron chi connectivity index (χ4n) is 2.66. The smallest absolute Gasteiger partial charge is 0.406 e. The topological polar surface area (TPSA) is 93.3 Å². The largest absolute Gasteiger partial charge is 0.573 e. The van der Waals surface area contributed by atoms with Gasteiger partial charge in [0.15, 0.2) is 0 Å². The molecule has 0 radical (unpaired) electrons. The van der Waals surface area contributed by atoms with Crippen LogP contribution in [0.5, 0.6) is 5.75 Å². The molecule has 1 aliphatic carbocycles. The molecule has 7 nitrogen and oxygen atoms in total. The summed E-state index contributed by atoms with van der Waals surface area (Å²) in [6, 6.07) is 5.54. The van der Waals surface area contributed by atoms with Crippen LogP contribution in [0.1, 0.15) is 46.7 Å². The summed E-state index contributed by atoms with van der Waals surface area (Å²) in [6.07, 6.45) is -2.97. The Bertz CT molecular complexity index is 892. The van der Waals surface area contributed by atoms with E-state index >= 15 is 0 Å². The lowest BCUT2D eigenvalue weighted by molar-refractivity contribution is -0.274. The number of carbonyl (C=O) groups excluding carboxylic acids is 1. The van der Waals surface area contributed by atoms with Crippen LogP contribution in [-0.4, -0.2) is 36.0 Å². The molecule has 150 valence electrons. The number of benzene rings is 1. The number of aromatic nitrogens is 2. The highest BCUT2D eigenvalue weighted by Crippen LogP contribution is 2.37. The van der Waals surface area contributed by atoms with E-state index in [1.165, 1.54) is 19.2 Å². The molecule has 0 aliphatic heterocycles. The predicted octanol–water partition coefficient (Wildman–Crippen LogP) is 2.66. The molecule has 1 saturated carbocycles. The van der Waals surface area contributed by atoms with E-state index < -0.39 is 23.9 Å². The lowest BCUT2D eigenvalue weighted by Gasteiger charge is -2.19. The van der Waals surface area contributed by atoms with Crippen LogP contribution in [0, 0.1) is 0 Å². The second-order valence-corrected chi connectivity index (χ2v) is 6.39. The summed E-state index contributed by atoms with van der Waals surface area (Å²) in [5.41, 5.74) is 0.0692. The Morgan fingerprint density at radius 2 is 2.00 bits per heavy atom. The minimum Gasteiger partial charge on any atom is -0.406 e. The summed E-state index contributed by atoms with van der Waals surface area (Å²) < 4.78 is 45.7. The first-order valence-corrected chi connectivity index (χ1v) is 8.52. The quantitative estimate of drug-likeness (QED) is 0.749. The molecule has 1 aromatic carbocycles. The molecule has 2 aromatic rings. The highest BCUT2D eigenvalue weighted by molar-refractivity contribution is 5.92. The Morgan fingerprint density at radius 1 is 1.32 bits per heavy atom. The van der Waals surface area contributed by atoms with Crippen LogP contribution in [0.25, 0.3) is 0 Å². The molecule has 2 N–H and O–H groups in total. The second-order valence-electron chi connectivity index (χ2n) is 6.39. The average Bonchev–Trinajstić information content (AvgIpc) is 3.45. The highest BCUT2D eigenvalue weighted by atomic mass is 19.4. The number of hydrogen-bond acceptors (Lipinski definition) is 5. The van der Waals surface area contributed by atoms with Crippen LogP contribution in [0.2, 0.25) is 0 Å². The van der Waals surface area contributed by atoms with Crippen molar-refractivity contribution >= 4 is 5.91 Å². The van der Waals surface area contributed by atoms with Gasteiger partial charge in [-0.25, -0.2) is 4.98 Å². The molecule has 10 heteroatoms. The van der Waals surface area contributed by atoms with E-state index in [9.17, 15) is 22.8 Å². The van der Waals surface area contributed by atoms with Crippen molar-refractivity contribution in [2.24, 2.45) is 0 Å². The van der Waals surface area contributed by atoms with Crippen molar-refractivity contribution in [2.75, 3.05) is 13.7 Å². The Kier molecular flexibility index (Phi) is 5.68. The van der Waals surface area contributed by atoms with Crippen molar-refractivity contribution in [2.45, 2.75) is 31.2 Å². The maximum absolute atomic E-state index is 12.5. The van der Waals surface area contributed by atoms with Gasteiger partial charge in [0, 0.05) is 19.1 Å². The van der Waals surface area contributed by atoms with Gasteiger partial charge in [0.25, 0.3) is 11.5 Å². The summed E-state index contributed by atoms with van der Waals surface area (Å²) in [4.78, 5) is 31.2. The predicted molar refractivity (Wildman–Crippen MR) is 92.0 cm³/mol. The lowest BCUT2D eigenvalue weighted by Crippen LogP contribution is -2.33. The van der Waals surface area contributed by atoms with Gasteiger partial charge in [-0.05, 0) is 30.5 Å². The minimum absolute atomic E-state index is 0.0243. The van der Waals surface area contributed by atoms with E-state index in [-0.39, 0.29) is 24.0 Å². The number of halogens is 3. The number of carbonyl (C=O) groups is 1. The number of rotatable bonds is 7. The lowest BCUT2D eigenvalue weighted by atomic mass is 10.1. The first-order valence-electron chi connectivity index (χ1n) is 8.52. The van der Waals surface area contributed by atoms with Crippen molar-refractivity contribution in [1.29, 1.82) is 0 Å². The van der Waals surface area contributed by atoms with Crippen LogP contribution in [0.3, 0.4) is 0 Å². The van der Waals surface area contributed by atoms with Crippen LogP contribution >= 0.6 is 0 Å². The molecule has 1 aromatic heterocycles. The van der Waals surface area contributed by atoms with Crippen LogP contribution in [-0.2, 0) is 4.74 Å². The maximum Gasteiger partial charge on any atom is 0.573 e. The molecular weight excluding hydrogens is 379 g/mol. The Labute approximate surface area is 157 Å². The molecule has 1 heterocycles. The summed E-state index contributed by atoms with van der Waals surface area (Å²) in [5, 5.41) is 2.69. The molecule has 0 saturated heterocycles. The number of nitrogens with one attached hydrogen (secondary N) is 2. The fraction of sp³-hybridized carbons (Fsp3) is 0.389. The van der Waals surface area contributed by atoms with Gasteiger partial charge in [-0.15, -0.1) is 13.2 Å². The van der Waals surface area contributed by atoms with E-state index in [1.807, 2.05) is 0 Å². The number of H-pyrrole nitrogens is 1. The van der Waals surface area contributed by atoms with Gasteiger partial charge in [-0.3, -0.25) is 9.59 Å².